The monoisotopic (exact) mass is 565 g/mol. The molecule has 6 nitrogen and oxygen atoms in total. The Morgan fingerprint density at radius 3 is 2.37 bits per heavy atom. The van der Waals surface area contributed by atoms with Gasteiger partial charge in [-0.15, -0.1) is 5.06 Å². The number of primary amides is 1. The van der Waals surface area contributed by atoms with Gasteiger partial charge in [-0.05, 0) is 64.9 Å². The summed E-state index contributed by atoms with van der Waals surface area (Å²) >= 11 is 12.4. The summed E-state index contributed by atoms with van der Waals surface area (Å²) in [4.78, 5) is 17.6. The van der Waals surface area contributed by atoms with Crippen LogP contribution in [0.1, 0.15) is 40.4 Å². The van der Waals surface area contributed by atoms with E-state index in [2.05, 4.69) is 5.32 Å². The van der Waals surface area contributed by atoms with Gasteiger partial charge >= 0.3 is 6.18 Å². The number of β-amino-alcohol motifs (C(OH)–C–C–N with tert-alkyl or cyclic N) is 1. The van der Waals surface area contributed by atoms with E-state index in [4.69, 9.17) is 33.8 Å². The Morgan fingerprint density at radius 1 is 1.11 bits per heavy atom. The van der Waals surface area contributed by atoms with Crippen LogP contribution in [-0.2, 0) is 4.84 Å². The van der Waals surface area contributed by atoms with Crippen molar-refractivity contribution in [3.05, 3.63) is 87.1 Å². The van der Waals surface area contributed by atoms with Crippen LogP contribution in [0, 0.1) is 5.92 Å². The predicted octanol–water partition coefficient (Wildman–Crippen LogP) is 5.83. The number of carbonyl (C=O) groups excluding carboxylic acids is 1. The summed E-state index contributed by atoms with van der Waals surface area (Å²) in [6.07, 6.45) is -3.95. The Morgan fingerprint density at radius 2 is 1.76 bits per heavy atom. The highest BCUT2D eigenvalue weighted by Gasteiger charge is 2.50. The molecule has 0 saturated heterocycles. The van der Waals surface area contributed by atoms with Crippen LogP contribution in [0.4, 0.5) is 13.2 Å². The number of hydrogen-bond acceptors (Lipinski definition) is 5. The molecule has 0 bridgehead atoms. The average Bonchev–Trinajstić information content (AvgIpc) is 3.60. The molecule has 1 saturated carbocycles. The van der Waals surface area contributed by atoms with Crippen molar-refractivity contribution < 1.29 is 27.9 Å². The van der Waals surface area contributed by atoms with Crippen LogP contribution in [0.2, 0.25) is 10.0 Å². The second-order valence-corrected chi connectivity index (χ2v) is 10.3. The van der Waals surface area contributed by atoms with Gasteiger partial charge in [0.25, 0.3) is 0 Å². The molecule has 4 N–H and O–H groups in total. The van der Waals surface area contributed by atoms with Crippen LogP contribution < -0.4 is 11.1 Å². The molecule has 1 amide bonds. The van der Waals surface area contributed by atoms with Crippen molar-refractivity contribution in [1.82, 2.24) is 10.4 Å². The van der Waals surface area contributed by atoms with Gasteiger partial charge in [-0.2, -0.15) is 13.2 Å². The minimum atomic E-state index is -4.87. The summed E-state index contributed by atoms with van der Waals surface area (Å²) in [6, 6.07) is 12.9. The fourth-order valence-corrected chi connectivity index (χ4v) is 5.30. The maximum atomic E-state index is 14.4. The van der Waals surface area contributed by atoms with Gasteiger partial charge in [0, 0.05) is 27.7 Å². The minimum Gasteiger partial charge on any atom is -0.399 e. The first-order valence-corrected chi connectivity index (χ1v) is 12.7. The van der Waals surface area contributed by atoms with Gasteiger partial charge in [0.2, 0.25) is 11.7 Å². The van der Waals surface area contributed by atoms with Crippen molar-refractivity contribution in [2.24, 2.45) is 11.7 Å². The van der Waals surface area contributed by atoms with Crippen molar-refractivity contribution in [2.75, 3.05) is 13.1 Å². The molecule has 1 aliphatic heterocycles. The second-order valence-electron chi connectivity index (χ2n) is 9.47. The van der Waals surface area contributed by atoms with E-state index >= 15 is 0 Å². The van der Waals surface area contributed by atoms with Crippen LogP contribution in [0.25, 0.3) is 16.3 Å². The Kier molecular flexibility index (Phi) is 7.32. The number of hydrogen-bond donors (Lipinski definition) is 3. The van der Waals surface area contributed by atoms with E-state index in [0.29, 0.717) is 28.8 Å². The number of halogens is 5. The summed E-state index contributed by atoms with van der Waals surface area (Å²) in [5, 5.41) is 16.0. The molecule has 1 aliphatic carbocycles. The SMILES string of the molecule is NC(=O)c1ccc(C2C(c3cc(Cl)cc(Cl)c3)=C(C(F)(F)F)ON2CC(O)NCC2CC2)c2ccccc12. The van der Waals surface area contributed by atoms with E-state index in [-0.39, 0.29) is 33.3 Å². The summed E-state index contributed by atoms with van der Waals surface area (Å²) in [6.45, 7) is 0.271. The molecule has 38 heavy (non-hydrogen) atoms. The molecule has 11 heteroatoms. The molecule has 1 fully saturated rings. The molecule has 2 atom stereocenters. The number of nitrogens with one attached hydrogen (secondary N) is 1. The van der Waals surface area contributed by atoms with E-state index in [1.165, 1.54) is 24.3 Å². The normalized spacial score (nSPS) is 19.2. The minimum absolute atomic E-state index is 0.116. The van der Waals surface area contributed by atoms with Gasteiger partial charge in [-0.25, -0.2) is 0 Å². The van der Waals surface area contributed by atoms with Crippen LogP contribution in [0.3, 0.4) is 0 Å². The Labute approximate surface area is 226 Å². The first-order valence-electron chi connectivity index (χ1n) is 12.0. The Bertz CT molecular complexity index is 1410. The zero-order chi connectivity index (χ0) is 27.2. The first kappa shape index (κ1) is 26.8. The molecule has 5 rings (SSSR count). The highest BCUT2D eigenvalue weighted by Crippen LogP contribution is 2.51. The smallest absolute Gasteiger partial charge is 0.399 e. The summed E-state index contributed by atoms with van der Waals surface area (Å²) in [5.74, 6) is -1.46. The molecular weight excluding hydrogens is 542 g/mol. The molecule has 1 heterocycles. The third kappa shape index (κ3) is 5.48. The van der Waals surface area contributed by atoms with E-state index in [1.807, 2.05) is 0 Å². The molecular formula is C27H24Cl2F3N3O3. The number of nitrogens with two attached hydrogens (primary N) is 1. The number of aliphatic hydroxyl groups is 1. The fraction of sp³-hybridized carbons (Fsp3) is 0.296. The van der Waals surface area contributed by atoms with Gasteiger partial charge in [0.15, 0.2) is 0 Å². The van der Waals surface area contributed by atoms with Gasteiger partial charge in [-0.1, -0.05) is 53.5 Å². The number of alkyl halides is 3. The van der Waals surface area contributed by atoms with Gasteiger partial charge in [0.05, 0.1) is 6.54 Å². The van der Waals surface area contributed by atoms with Crippen LogP contribution in [-0.4, -0.2) is 41.6 Å². The average molecular weight is 566 g/mol. The second kappa shape index (κ2) is 10.4. The number of fused-ring (bicyclic) bond motifs is 1. The predicted molar refractivity (Wildman–Crippen MR) is 139 cm³/mol. The number of aliphatic hydroxyl groups excluding tert-OH is 1. The van der Waals surface area contributed by atoms with Crippen LogP contribution >= 0.6 is 23.2 Å². The Hall–Kier alpha value is -2.82. The lowest BCUT2D eigenvalue weighted by Crippen LogP contribution is -2.41. The van der Waals surface area contributed by atoms with E-state index in [0.717, 1.165) is 17.9 Å². The lowest BCUT2D eigenvalue weighted by molar-refractivity contribution is -0.204. The van der Waals surface area contributed by atoms with Gasteiger partial charge in [0.1, 0.15) is 12.3 Å². The molecule has 3 aromatic carbocycles. The first-order chi connectivity index (χ1) is 18.0. The number of carbonyl (C=O) groups is 1. The zero-order valence-electron chi connectivity index (χ0n) is 19.9. The van der Waals surface area contributed by atoms with Crippen molar-refractivity contribution >= 4 is 45.5 Å². The van der Waals surface area contributed by atoms with E-state index in [9.17, 15) is 23.1 Å². The van der Waals surface area contributed by atoms with Crippen LogP contribution in [0.15, 0.2) is 60.4 Å². The number of hydroxylamine groups is 2. The number of amides is 1. The topological polar surface area (TPSA) is 87.8 Å². The van der Waals surface area contributed by atoms with Crippen molar-refractivity contribution in [3.8, 4) is 0 Å². The van der Waals surface area contributed by atoms with E-state index < -0.39 is 30.1 Å². The van der Waals surface area contributed by atoms with Crippen LogP contribution in [0.5, 0.6) is 0 Å². The maximum absolute atomic E-state index is 14.4. The molecule has 0 aromatic heterocycles. The van der Waals surface area contributed by atoms with Crippen molar-refractivity contribution in [2.45, 2.75) is 31.3 Å². The quantitative estimate of drug-likeness (QED) is 0.299. The summed E-state index contributed by atoms with van der Waals surface area (Å²) in [5.41, 5.74) is 6.12. The maximum Gasteiger partial charge on any atom is 0.451 e. The number of rotatable bonds is 8. The molecule has 0 spiro atoms. The molecule has 200 valence electrons. The summed E-state index contributed by atoms with van der Waals surface area (Å²) in [7, 11) is 0. The van der Waals surface area contributed by atoms with Gasteiger partial charge < -0.3 is 15.7 Å². The third-order valence-corrected chi connectivity index (χ3v) is 7.09. The number of benzene rings is 3. The van der Waals surface area contributed by atoms with Gasteiger partial charge in [-0.3, -0.25) is 10.1 Å². The Balaban J connectivity index is 1.69. The number of nitrogens with zero attached hydrogens (tertiary/aromatic N) is 1. The van der Waals surface area contributed by atoms with Crippen molar-refractivity contribution in [3.63, 3.8) is 0 Å². The highest BCUT2D eigenvalue weighted by molar-refractivity contribution is 6.34. The largest absolute Gasteiger partial charge is 0.451 e. The van der Waals surface area contributed by atoms with E-state index in [1.54, 1.807) is 30.3 Å². The lowest BCUT2D eigenvalue weighted by Gasteiger charge is -2.28. The standard InChI is InChI=1S/C27H24Cl2F3N3O3/c28-16-9-15(10-17(29)11-16)23-24(20-7-8-21(26(33)37)19-4-2-1-3-18(19)20)35(38-25(23)27(30,31)32)13-22(36)34-12-14-5-6-14/h1-4,7-11,14,22,24,34,36H,5-6,12-13H2,(H2,33,37). The van der Waals surface area contributed by atoms with Crippen molar-refractivity contribution in [1.29, 1.82) is 0 Å². The third-order valence-electron chi connectivity index (χ3n) is 6.66. The zero-order valence-corrected chi connectivity index (χ0v) is 21.4. The molecule has 0 radical (unpaired) electrons. The number of allylic oxidation sites excluding steroid dienone is 1. The molecule has 2 unspecified atom stereocenters. The highest BCUT2D eigenvalue weighted by atomic mass is 35.5. The fourth-order valence-electron chi connectivity index (χ4n) is 4.78. The molecule has 2 aliphatic rings. The lowest BCUT2D eigenvalue weighted by atomic mass is 9.87. The summed E-state index contributed by atoms with van der Waals surface area (Å²) < 4.78 is 43.3. The molecule has 3 aromatic rings.